The highest BCUT2D eigenvalue weighted by Crippen LogP contribution is 2.38. The van der Waals surface area contributed by atoms with Gasteiger partial charge in [-0.1, -0.05) is 91.0 Å². The second-order valence-electron chi connectivity index (χ2n) is 12.2. The number of benzene rings is 5. The molecule has 0 saturated heterocycles. The molecule has 0 aliphatic rings. The van der Waals surface area contributed by atoms with Gasteiger partial charge in [0.15, 0.2) is 29.1 Å². The third kappa shape index (κ3) is 5.69. The summed E-state index contributed by atoms with van der Waals surface area (Å²) < 4.78 is 2.19. The van der Waals surface area contributed by atoms with Crippen LogP contribution < -0.4 is 0 Å². The first-order valence-electron chi connectivity index (χ1n) is 16.7. The summed E-state index contributed by atoms with van der Waals surface area (Å²) >= 11 is 0. The van der Waals surface area contributed by atoms with E-state index in [-0.39, 0.29) is 0 Å². The fraction of sp³-hybridized carbons (Fsp3) is 0. The Morgan fingerprint density at radius 1 is 0.415 bits per heavy atom. The molecule has 4 heterocycles. The van der Waals surface area contributed by atoms with E-state index in [1.807, 2.05) is 97.1 Å². The predicted octanol–water partition coefficient (Wildman–Crippen LogP) is 8.63. The van der Waals surface area contributed by atoms with E-state index < -0.39 is 0 Å². The van der Waals surface area contributed by atoms with Crippen LogP contribution in [0.2, 0.25) is 0 Å². The Balaban J connectivity index is 1.28. The summed E-state index contributed by atoms with van der Waals surface area (Å²) in [5.74, 6) is 2.58. The van der Waals surface area contributed by atoms with Crippen LogP contribution in [0.4, 0.5) is 0 Å². The van der Waals surface area contributed by atoms with Gasteiger partial charge in [-0.15, -0.1) is 0 Å². The molecule has 0 spiro atoms. The lowest BCUT2D eigenvalue weighted by Crippen LogP contribution is -2.02. The van der Waals surface area contributed by atoms with Gasteiger partial charge in [-0.05, 0) is 30.3 Å². The Morgan fingerprint density at radius 3 is 1.51 bits per heavy atom. The van der Waals surface area contributed by atoms with Crippen LogP contribution in [0.5, 0.6) is 0 Å². The number of para-hydroxylation sites is 1. The van der Waals surface area contributed by atoms with Gasteiger partial charge in [-0.25, -0.2) is 34.9 Å². The highest BCUT2D eigenvalue weighted by molar-refractivity contribution is 6.10. The SMILES string of the molecule is N#Cc1cnc(-c2ccc(-n3c4ccccc4c4ccc(-c5nc(-c6ccccc6)nc(-c6ccccc6)n5)cc43)c(-c3ncc(C#N)cn3)c2)nc1. The van der Waals surface area contributed by atoms with Crippen LogP contribution in [0.15, 0.2) is 146 Å². The van der Waals surface area contributed by atoms with E-state index in [1.165, 1.54) is 24.8 Å². The highest BCUT2D eigenvalue weighted by Gasteiger charge is 2.20. The molecule has 0 aliphatic carbocycles. The van der Waals surface area contributed by atoms with E-state index in [9.17, 15) is 10.5 Å². The average molecular weight is 681 g/mol. The average Bonchev–Trinajstić information content (AvgIpc) is 3.57. The highest BCUT2D eigenvalue weighted by atomic mass is 15.0. The van der Waals surface area contributed by atoms with E-state index in [0.717, 1.165) is 49.7 Å². The Bertz CT molecular complexity index is 2830. The van der Waals surface area contributed by atoms with Gasteiger partial charge in [0.2, 0.25) is 0 Å². The predicted molar refractivity (Wildman–Crippen MR) is 202 cm³/mol. The molecule has 0 N–H and O–H groups in total. The maximum atomic E-state index is 9.47. The van der Waals surface area contributed by atoms with Gasteiger partial charge in [-0.2, -0.15) is 10.5 Å². The van der Waals surface area contributed by atoms with Crippen LogP contribution in [0.3, 0.4) is 0 Å². The molecule has 9 aromatic rings. The third-order valence-corrected chi connectivity index (χ3v) is 8.93. The molecule has 0 radical (unpaired) electrons. The molecule has 5 aromatic carbocycles. The number of aromatic nitrogens is 8. The fourth-order valence-electron chi connectivity index (χ4n) is 6.42. The third-order valence-electron chi connectivity index (χ3n) is 8.93. The quantitative estimate of drug-likeness (QED) is 0.169. The zero-order valence-electron chi connectivity index (χ0n) is 27.8. The topological polar surface area (TPSA) is 143 Å². The molecule has 10 heteroatoms. The fourth-order valence-corrected chi connectivity index (χ4v) is 6.42. The Labute approximate surface area is 303 Å². The van der Waals surface area contributed by atoms with Gasteiger partial charge < -0.3 is 4.57 Å². The summed E-state index contributed by atoms with van der Waals surface area (Å²) in [4.78, 5) is 32.9. The second kappa shape index (κ2) is 13.1. The normalized spacial score (nSPS) is 11.0. The maximum Gasteiger partial charge on any atom is 0.164 e. The summed E-state index contributed by atoms with van der Waals surface area (Å²) in [6.07, 6.45) is 6.01. The van der Waals surface area contributed by atoms with Crippen molar-refractivity contribution in [2.24, 2.45) is 0 Å². The van der Waals surface area contributed by atoms with Crippen molar-refractivity contribution < 1.29 is 0 Å². The number of nitrogens with zero attached hydrogens (tertiary/aromatic N) is 10. The minimum Gasteiger partial charge on any atom is -0.308 e. The van der Waals surface area contributed by atoms with Crippen molar-refractivity contribution in [3.05, 3.63) is 157 Å². The monoisotopic (exact) mass is 680 g/mol. The van der Waals surface area contributed by atoms with E-state index in [4.69, 9.17) is 15.0 Å². The van der Waals surface area contributed by atoms with Crippen LogP contribution in [-0.2, 0) is 0 Å². The van der Waals surface area contributed by atoms with Crippen molar-refractivity contribution in [3.63, 3.8) is 0 Å². The van der Waals surface area contributed by atoms with Crippen molar-refractivity contribution in [1.29, 1.82) is 10.5 Å². The van der Waals surface area contributed by atoms with Crippen molar-refractivity contribution in [1.82, 2.24) is 39.5 Å². The standard InChI is InChI=1S/C43H24N10/c44-21-27-23-46-39(47-24-27)31-16-18-37(35(19-31)43-48-25-28(22-45)26-49-43)53-36-14-8-7-13-33(36)34-17-15-32(20-38(34)53)42-51-40(29-9-3-1-4-10-29)50-41(52-42)30-11-5-2-6-12-30/h1-20,23-26H. The number of rotatable bonds is 6. The Kier molecular flexibility index (Phi) is 7.66. The molecule has 0 amide bonds. The summed E-state index contributed by atoms with van der Waals surface area (Å²) in [5.41, 5.74) is 7.44. The van der Waals surface area contributed by atoms with E-state index in [2.05, 4.69) is 60.9 Å². The maximum absolute atomic E-state index is 9.47. The van der Waals surface area contributed by atoms with Gasteiger partial charge in [0.1, 0.15) is 12.1 Å². The second-order valence-corrected chi connectivity index (χ2v) is 12.2. The smallest absolute Gasteiger partial charge is 0.164 e. The summed E-state index contributed by atoms with van der Waals surface area (Å²) in [7, 11) is 0. The Hall–Kier alpha value is -7.95. The van der Waals surface area contributed by atoms with Crippen LogP contribution >= 0.6 is 0 Å². The van der Waals surface area contributed by atoms with Gasteiger partial charge >= 0.3 is 0 Å². The zero-order chi connectivity index (χ0) is 35.7. The lowest BCUT2D eigenvalue weighted by Gasteiger charge is -2.15. The molecule has 0 bridgehead atoms. The first kappa shape index (κ1) is 31.1. The molecule has 0 aliphatic heterocycles. The van der Waals surface area contributed by atoms with E-state index in [1.54, 1.807) is 0 Å². The molecule has 0 unspecified atom stereocenters. The van der Waals surface area contributed by atoms with Crippen molar-refractivity contribution in [3.8, 4) is 74.8 Å². The lowest BCUT2D eigenvalue weighted by molar-refractivity contribution is 1.07. The molecule has 0 atom stereocenters. The number of hydrogen-bond donors (Lipinski definition) is 0. The molecular formula is C43H24N10. The van der Waals surface area contributed by atoms with Gasteiger partial charge in [0, 0.05) is 63.4 Å². The largest absolute Gasteiger partial charge is 0.308 e. The van der Waals surface area contributed by atoms with Crippen LogP contribution in [0.25, 0.3) is 84.4 Å². The molecule has 53 heavy (non-hydrogen) atoms. The van der Waals surface area contributed by atoms with Crippen LogP contribution in [0.1, 0.15) is 11.1 Å². The lowest BCUT2D eigenvalue weighted by atomic mass is 10.1. The molecule has 4 aromatic heterocycles. The van der Waals surface area contributed by atoms with Gasteiger partial charge in [0.25, 0.3) is 0 Å². The minimum atomic E-state index is 0.352. The van der Waals surface area contributed by atoms with E-state index >= 15 is 0 Å². The number of nitriles is 2. The van der Waals surface area contributed by atoms with E-state index in [0.29, 0.717) is 45.8 Å². The van der Waals surface area contributed by atoms with Crippen LogP contribution in [0, 0.1) is 22.7 Å². The minimum absolute atomic E-state index is 0.352. The van der Waals surface area contributed by atoms with Gasteiger partial charge in [-0.3, -0.25) is 0 Å². The summed E-state index contributed by atoms with van der Waals surface area (Å²) in [6, 6.07) is 44.3. The Morgan fingerprint density at radius 2 is 0.906 bits per heavy atom. The molecule has 10 nitrogen and oxygen atoms in total. The van der Waals surface area contributed by atoms with Crippen LogP contribution in [-0.4, -0.2) is 39.5 Å². The molecule has 9 rings (SSSR count). The molecular weight excluding hydrogens is 657 g/mol. The first-order valence-corrected chi connectivity index (χ1v) is 16.7. The van der Waals surface area contributed by atoms with Gasteiger partial charge in [0.05, 0.1) is 27.8 Å². The van der Waals surface area contributed by atoms with Crippen molar-refractivity contribution in [2.75, 3.05) is 0 Å². The number of hydrogen-bond acceptors (Lipinski definition) is 9. The van der Waals surface area contributed by atoms with Crippen molar-refractivity contribution >= 4 is 21.8 Å². The molecule has 246 valence electrons. The molecule has 0 saturated carbocycles. The van der Waals surface area contributed by atoms with Crippen molar-refractivity contribution in [2.45, 2.75) is 0 Å². The number of fused-ring (bicyclic) bond motifs is 3. The first-order chi connectivity index (χ1) is 26.2. The molecule has 0 fully saturated rings. The summed E-state index contributed by atoms with van der Waals surface area (Å²) in [5, 5.41) is 20.9. The zero-order valence-corrected chi connectivity index (χ0v) is 27.8. The summed E-state index contributed by atoms with van der Waals surface area (Å²) in [6.45, 7) is 0.